The number of urea groups is 1. The van der Waals surface area contributed by atoms with Crippen molar-refractivity contribution < 1.29 is 19.1 Å². The molecule has 1 heterocycles. The minimum Gasteiger partial charge on any atom is -0.477 e. The van der Waals surface area contributed by atoms with Crippen molar-refractivity contribution >= 4 is 23.5 Å². The van der Waals surface area contributed by atoms with Crippen LogP contribution in [0.15, 0.2) is 24.3 Å². The molecule has 2 rings (SSSR count). The number of carbonyl (C=O) groups excluding carboxylic acids is 3. The highest BCUT2D eigenvalue weighted by atomic mass is 16.5. The topological polar surface area (TPSA) is 114 Å². The summed E-state index contributed by atoms with van der Waals surface area (Å²) >= 11 is 0. The van der Waals surface area contributed by atoms with Crippen molar-refractivity contribution in [3.63, 3.8) is 0 Å². The number of imide groups is 1. The maximum absolute atomic E-state index is 12.6. The van der Waals surface area contributed by atoms with E-state index < -0.39 is 18.0 Å². The molecule has 0 aliphatic carbocycles. The van der Waals surface area contributed by atoms with Gasteiger partial charge in [-0.25, -0.2) is 4.79 Å². The molecule has 8 heteroatoms. The van der Waals surface area contributed by atoms with Gasteiger partial charge in [-0.1, -0.05) is 26.0 Å². The van der Waals surface area contributed by atoms with Crippen molar-refractivity contribution in [2.45, 2.75) is 45.3 Å². The number of hydrogen-bond donors (Lipinski definition) is 3. The molecule has 0 saturated heterocycles. The summed E-state index contributed by atoms with van der Waals surface area (Å²) in [6.45, 7) is 4.71. The van der Waals surface area contributed by atoms with Gasteiger partial charge >= 0.3 is 6.03 Å². The Labute approximate surface area is 153 Å². The number of amides is 4. The highest BCUT2D eigenvalue weighted by Gasteiger charge is 2.31. The van der Waals surface area contributed by atoms with E-state index in [2.05, 4.69) is 5.32 Å². The Kier molecular flexibility index (Phi) is 6.82. The van der Waals surface area contributed by atoms with Crippen LogP contribution in [-0.4, -0.2) is 43.1 Å². The number of nitrogens with one attached hydrogen (secondary N) is 2. The fraction of sp³-hybridized carbons (Fsp3) is 0.500. The molecular weight excluding hydrogens is 336 g/mol. The van der Waals surface area contributed by atoms with Crippen LogP contribution in [0.4, 0.5) is 10.5 Å². The summed E-state index contributed by atoms with van der Waals surface area (Å²) in [5.74, 6) is -0.0296. The molecule has 0 fully saturated rings. The van der Waals surface area contributed by atoms with Gasteiger partial charge in [0.2, 0.25) is 5.91 Å². The summed E-state index contributed by atoms with van der Waals surface area (Å²) in [5, 5.41) is 5.04. The van der Waals surface area contributed by atoms with Crippen molar-refractivity contribution in [1.82, 2.24) is 10.6 Å². The van der Waals surface area contributed by atoms with Crippen molar-refractivity contribution in [2.24, 2.45) is 5.73 Å². The second kappa shape index (κ2) is 9.07. The zero-order chi connectivity index (χ0) is 19.1. The number of nitrogens with two attached hydrogens (primary N) is 1. The van der Waals surface area contributed by atoms with Gasteiger partial charge in [-0.2, -0.15) is 0 Å². The molecule has 0 bridgehead atoms. The van der Waals surface area contributed by atoms with E-state index in [-0.39, 0.29) is 18.4 Å². The van der Waals surface area contributed by atoms with Crippen LogP contribution in [0.1, 0.15) is 33.1 Å². The molecule has 1 aliphatic heterocycles. The van der Waals surface area contributed by atoms with E-state index in [9.17, 15) is 14.4 Å². The summed E-state index contributed by atoms with van der Waals surface area (Å²) in [4.78, 5) is 36.9. The second-order valence-electron chi connectivity index (χ2n) is 6.20. The summed E-state index contributed by atoms with van der Waals surface area (Å²) in [5.41, 5.74) is 5.77. The Morgan fingerprint density at radius 2 is 1.96 bits per heavy atom. The number of rotatable bonds is 7. The Morgan fingerprint density at radius 3 is 2.62 bits per heavy atom. The third-order valence-electron chi connectivity index (χ3n) is 4.36. The first-order valence-corrected chi connectivity index (χ1v) is 8.84. The number of nitrogens with zero attached hydrogens (tertiary/aromatic N) is 1. The fourth-order valence-electron chi connectivity index (χ4n) is 2.88. The lowest BCUT2D eigenvalue weighted by Gasteiger charge is -2.36. The number of ether oxygens (including phenoxy) is 1. The van der Waals surface area contributed by atoms with E-state index in [1.165, 1.54) is 0 Å². The van der Waals surface area contributed by atoms with Gasteiger partial charge in [0.25, 0.3) is 5.91 Å². The van der Waals surface area contributed by atoms with E-state index >= 15 is 0 Å². The summed E-state index contributed by atoms with van der Waals surface area (Å²) in [6.07, 6.45) is 1.12. The Bertz CT molecular complexity index is 660. The fourth-order valence-corrected chi connectivity index (χ4v) is 2.88. The molecule has 1 aromatic carbocycles. The quantitative estimate of drug-likeness (QED) is 0.673. The lowest BCUT2D eigenvalue weighted by molar-refractivity contribution is -0.128. The van der Waals surface area contributed by atoms with Crippen LogP contribution in [-0.2, 0) is 9.59 Å². The van der Waals surface area contributed by atoms with Crippen LogP contribution in [0.3, 0.4) is 0 Å². The zero-order valence-electron chi connectivity index (χ0n) is 15.2. The van der Waals surface area contributed by atoms with Gasteiger partial charge in [-0.3, -0.25) is 14.9 Å². The molecule has 0 radical (unpaired) electrons. The second-order valence-corrected chi connectivity index (χ2v) is 6.20. The molecule has 1 atom stereocenters. The molecule has 26 heavy (non-hydrogen) atoms. The first-order valence-electron chi connectivity index (χ1n) is 8.84. The van der Waals surface area contributed by atoms with E-state index in [1.54, 1.807) is 6.07 Å². The molecule has 4 amide bonds. The smallest absolute Gasteiger partial charge is 0.318 e. The lowest BCUT2D eigenvalue weighted by atomic mass is 10.1. The van der Waals surface area contributed by atoms with Crippen LogP contribution in [0.5, 0.6) is 5.75 Å². The van der Waals surface area contributed by atoms with Crippen molar-refractivity contribution in [1.29, 1.82) is 0 Å². The van der Waals surface area contributed by atoms with Crippen LogP contribution < -0.4 is 26.0 Å². The average molecular weight is 362 g/mol. The van der Waals surface area contributed by atoms with Gasteiger partial charge in [-0.15, -0.1) is 0 Å². The lowest BCUT2D eigenvalue weighted by Crippen LogP contribution is -2.51. The summed E-state index contributed by atoms with van der Waals surface area (Å²) in [6, 6.07) is 6.60. The highest BCUT2D eigenvalue weighted by molar-refractivity contribution is 5.93. The van der Waals surface area contributed by atoms with E-state index in [1.807, 2.05) is 42.3 Å². The largest absolute Gasteiger partial charge is 0.477 e. The minimum absolute atomic E-state index is 0.0815. The van der Waals surface area contributed by atoms with Gasteiger partial charge in [0, 0.05) is 19.0 Å². The molecule has 4 N–H and O–H groups in total. The van der Waals surface area contributed by atoms with Crippen molar-refractivity contribution in [3.8, 4) is 5.75 Å². The van der Waals surface area contributed by atoms with Crippen LogP contribution in [0, 0.1) is 0 Å². The zero-order valence-corrected chi connectivity index (χ0v) is 15.2. The molecular formula is C18H26N4O4. The van der Waals surface area contributed by atoms with Crippen LogP contribution in [0.2, 0.25) is 0 Å². The van der Waals surface area contributed by atoms with Gasteiger partial charge < -0.3 is 20.7 Å². The van der Waals surface area contributed by atoms with Crippen molar-refractivity contribution in [3.05, 3.63) is 24.3 Å². The maximum Gasteiger partial charge on any atom is 0.318 e. The van der Waals surface area contributed by atoms with Crippen molar-refractivity contribution in [2.75, 3.05) is 18.0 Å². The van der Waals surface area contributed by atoms with Gasteiger partial charge in [0.1, 0.15) is 5.75 Å². The number of carbonyl (C=O) groups is 3. The van der Waals surface area contributed by atoms with E-state index in [0.29, 0.717) is 18.8 Å². The number of primary amides is 1. The summed E-state index contributed by atoms with van der Waals surface area (Å²) < 4.78 is 5.86. The maximum atomic E-state index is 12.6. The number of benzene rings is 1. The predicted molar refractivity (Wildman–Crippen MR) is 97.9 cm³/mol. The standard InChI is InChI=1S/C18H26N4O4/c1-3-12(4-2)20-17(24)15-11-22(10-9-16(23)21-18(19)25)13-7-5-6-8-14(13)26-15/h5-8,12,15H,3-4,9-11H2,1-2H3,(H,20,24)(H3,19,21,23,25)/t15-/m0/s1. The third kappa shape index (κ3) is 5.11. The first kappa shape index (κ1) is 19.6. The molecule has 0 saturated carbocycles. The highest BCUT2D eigenvalue weighted by Crippen LogP contribution is 2.33. The van der Waals surface area contributed by atoms with Gasteiger partial charge in [-0.05, 0) is 25.0 Å². The SMILES string of the molecule is CCC(CC)NC(=O)[C@@H]1CN(CCC(=O)NC(N)=O)c2ccccc2O1. The minimum atomic E-state index is -0.875. The number of para-hydroxylation sites is 2. The van der Waals surface area contributed by atoms with Crippen LogP contribution >= 0.6 is 0 Å². The normalized spacial score (nSPS) is 15.8. The average Bonchev–Trinajstić information content (AvgIpc) is 2.63. The van der Waals surface area contributed by atoms with E-state index in [4.69, 9.17) is 10.5 Å². The monoisotopic (exact) mass is 362 g/mol. The predicted octanol–water partition coefficient (Wildman–Crippen LogP) is 1.14. The molecule has 1 aliphatic rings. The molecule has 8 nitrogen and oxygen atoms in total. The molecule has 0 spiro atoms. The van der Waals surface area contributed by atoms with Gasteiger partial charge in [0.05, 0.1) is 12.2 Å². The summed E-state index contributed by atoms with van der Waals surface area (Å²) in [7, 11) is 0. The number of fused-ring (bicyclic) bond motifs is 1. The third-order valence-corrected chi connectivity index (χ3v) is 4.36. The number of hydrogen-bond acceptors (Lipinski definition) is 5. The van der Waals surface area contributed by atoms with Gasteiger partial charge in [0.15, 0.2) is 6.10 Å². The van der Waals surface area contributed by atoms with E-state index in [0.717, 1.165) is 18.5 Å². The Morgan fingerprint density at radius 1 is 1.27 bits per heavy atom. The molecule has 0 aromatic heterocycles. The molecule has 1 aromatic rings. The first-order chi connectivity index (χ1) is 12.4. The molecule has 0 unspecified atom stereocenters. The Hall–Kier alpha value is -2.77. The molecule has 142 valence electrons. The van der Waals surface area contributed by atoms with Crippen LogP contribution in [0.25, 0.3) is 0 Å². The number of anilines is 1. The Balaban J connectivity index is 2.08.